The van der Waals surface area contributed by atoms with Gasteiger partial charge in [0.25, 0.3) is 0 Å². The molecule has 18 heavy (non-hydrogen) atoms. The highest BCUT2D eigenvalue weighted by Crippen LogP contribution is 2.19. The van der Waals surface area contributed by atoms with Crippen molar-refractivity contribution in [3.8, 4) is 0 Å². The van der Waals surface area contributed by atoms with Crippen LogP contribution in [-0.2, 0) is 6.54 Å². The molecule has 102 valence electrons. The van der Waals surface area contributed by atoms with Gasteiger partial charge in [-0.2, -0.15) is 0 Å². The molecule has 0 bridgehead atoms. The predicted molar refractivity (Wildman–Crippen MR) is 78.0 cm³/mol. The molecular weight excluding hydrogens is 242 g/mol. The lowest BCUT2D eigenvalue weighted by molar-refractivity contribution is 0.115. The summed E-state index contributed by atoms with van der Waals surface area (Å²) in [6.07, 6.45) is 5.76. The van der Waals surface area contributed by atoms with E-state index in [0.717, 1.165) is 13.1 Å². The highest BCUT2D eigenvalue weighted by atomic mass is 32.1. The van der Waals surface area contributed by atoms with E-state index in [0.29, 0.717) is 12.1 Å². The highest BCUT2D eigenvalue weighted by Gasteiger charge is 2.26. The van der Waals surface area contributed by atoms with Crippen molar-refractivity contribution >= 4 is 11.3 Å². The van der Waals surface area contributed by atoms with Crippen LogP contribution in [-0.4, -0.2) is 35.1 Å². The maximum atomic E-state index is 4.51. The first-order valence-corrected chi connectivity index (χ1v) is 7.93. The molecule has 1 saturated heterocycles. The molecule has 1 aromatic heterocycles. The van der Waals surface area contributed by atoms with E-state index in [1.165, 1.54) is 35.7 Å². The fraction of sp³-hybridized carbons (Fsp3) is 0.786. The van der Waals surface area contributed by atoms with Crippen LogP contribution in [0.15, 0.2) is 6.20 Å². The highest BCUT2D eigenvalue weighted by molar-refractivity contribution is 7.11. The molecule has 2 heterocycles. The summed E-state index contributed by atoms with van der Waals surface area (Å²) in [5.74, 6) is 0. The minimum atomic E-state index is 0.666. The Morgan fingerprint density at radius 1 is 1.50 bits per heavy atom. The van der Waals surface area contributed by atoms with Gasteiger partial charge in [-0.3, -0.25) is 4.90 Å². The Hall–Kier alpha value is -0.450. The van der Waals surface area contributed by atoms with Crippen molar-refractivity contribution < 1.29 is 0 Å². The van der Waals surface area contributed by atoms with Gasteiger partial charge in [0.1, 0.15) is 5.01 Å². The van der Waals surface area contributed by atoms with Crippen molar-refractivity contribution in [3.63, 3.8) is 0 Å². The summed E-state index contributed by atoms with van der Waals surface area (Å²) in [5, 5.41) is 4.95. The normalized spacial score (nSPS) is 25.5. The van der Waals surface area contributed by atoms with Crippen LogP contribution in [0.4, 0.5) is 0 Å². The number of hydrogen-bond donors (Lipinski definition) is 1. The van der Waals surface area contributed by atoms with E-state index < -0.39 is 0 Å². The second-order valence-corrected chi connectivity index (χ2v) is 6.57. The van der Waals surface area contributed by atoms with Gasteiger partial charge >= 0.3 is 0 Å². The lowest BCUT2D eigenvalue weighted by Gasteiger charge is -2.39. The van der Waals surface area contributed by atoms with E-state index in [-0.39, 0.29) is 0 Å². The zero-order chi connectivity index (χ0) is 13.0. The molecule has 0 aliphatic carbocycles. The third-order valence-corrected chi connectivity index (χ3v) is 4.63. The number of nitrogens with zero attached hydrogens (tertiary/aromatic N) is 2. The zero-order valence-electron chi connectivity index (χ0n) is 11.8. The summed E-state index contributed by atoms with van der Waals surface area (Å²) in [6, 6.07) is 1.33. The third kappa shape index (κ3) is 3.53. The molecule has 2 atom stereocenters. The molecule has 0 aromatic carbocycles. The summed E-state index contributed by atoms with van der Waals surface area (Å²) in [4.78, 5) is 8.44. The number of thiazole rings is 1. The molecule has 4 heteroatoms. The SMILES string of the molecule is CCCC1CN(Cc2ncc(C)s2)C(CC)CN1. The Morgan fingerprint density at radius 2 is 2.33 bits per heavy atom. The first kappa shape index (κ1) is 14.0. The van der Waals surface area contributed by atoms with Crippen molar-refractivity contribution in [2.24, 2.45) is 0 Å². The maximum absolute atomic E-state index is 4.51. The number of nitrogens with one attached hydrogen (secondary N) is 1. The van der Waals surface area contributed by atoms with Gasteiger partial charge in [-0.1, -0.05) is 20.3 Å². The van der Waals surface area contributed by atoms with Gasteiger partial charge in [-0.25, -0.2) is 4.98 Å². The van der Waals surface area contributed by atoms with Crippen LogP contribution >= 0.6 is 11.3 Å². The predicted octanol–water partition coefficient (Wildman–Crippen LogP) is 2.80. The van der Waals surface area contributed by atoms with E-state index in [2.05, 4.69) is 36.0 Å². The molecule has 0 saturated carbocycles. The van der Waals surface area contributed by atoms with Crippen LogP contribution in [0.1, 0.15) is 43.0 Å². The zero-order valence-corrected chi connectivity index (χ0v) is 12.6. The molecule has 1 fully saturated rings. The van der Waals surface area contributed by atoms with Gasteiger partial charge in [-0.15, -0.1) is 11.3 Å². The van der Waals surface area contributed by atoms with Crippen molar-refractivity contribution in [1.29, 1.82) is 0 Å². The van der Waals surface area contributed by atoms with Crippen molar-refractivity contribution in [3.05, 3.63) is 16.1 Å². The fourth-order valence-corrected chi connectivity index (χ4v) is 3.53. The Morgan fingerprint density at radius 3 is 2.94 bits per heavy atom. The standard InChI is InChI=1S/C14H25N3S/c1-4-6-12-9-17(13(5-2)8-15-12)10-14-16-7-11(3)18-14/h7,12-13,15H,4-6,8-10H2,1-3H3. The van der Waals surface area contributed by atoms with Gasteiger partial charge in [0, 0.05) is 36.2 Å². The van der Waals surface area contributed by atoms with Gasteiger partial charge < -0.3 is 5.32 Å². The Kier molecular flexibility index (Phi) is 5.15. The summed E-state index contributed by atoms with van der Waals surface area (Å²) >= 11 is 1.84. The third-order valence-electron chi connectivity index (χ3n) is 3.73. The van der Waals surface area contributed by atoms with Crippen LogP contribution in [0.2, 0.25) is 0 Å². The minimum Gasteiger partial charge on any atom is -0.311 e. The molecule has 1 aromatic rings. The molecule has 1 N–H and O–H groups in total. The van der Waals surface area contributed by atoms with Crippen LogP contribution in [0.3, 0.4) is 0 Å². The molecular formula is C14H25N3S. The van der Waals surface area contributed by atoms with E-state index in [1.807, 2.05) is 17.5 Å². The van der Waals surface area contributed by atoms with E-state index in [1.54, 1.807) is 0 Å². The topological polar surface area (TPSA) is 28.2 Å². The van der Waals surface area contributed by atoms with Crippen molar-refractivity contribution in [1.82, 2.24) is 15.2 Å². The average Bonchev–Trinajstić information content (AvgIpc) is 2.76. The van der Waals surface area contributed by atoms with Crippen LogP contribution in [0, 0.1) is 6.92 Å². The fourth-order valence-electron chi connectivity index (χ4n) is 2.71. The quantitative estimate of drug-likeness (QED) is 0.889. The second kappa shape index (κ2) is 6.64. The average molecular weight is 267 g/mol. The first-order chi connectivity index (χ1) is 8.72. The summed E-state index contributed by atoms with van der Waals surface area (Å²) in [5.41, 5.74) is 0. The minimum absolute atomic E-state index is 0.666. The largest absolute Gasteiger partial charge is 0.311 e. The molecule has 3 nitrogen and oxygen atoms in total. The lowest BCUT2D eigenvalue weighted by Crippen LogP contribution is -2.55. The Balaban J connectivity index is 1.97. The molecule has 2 rings (SSSR count). The molecule has 1 aliphatic heterocycles. The van der Waals surface area contributed by atoms with Crippen LogP contribution < -0.4 is 5.32 Å². The molecule has 2 unspecified atom stereocenters. The van der Waals surface area contributed by atoms with Gasteiger partial charge in [0.15, 0.2) is 0 Å². The number of aryl methyl sites for hydroxylation is 1. The first-order valence-electron chi connectivity index (χ1n) is 7.11. The number of hydrogen-bond acceptors (Lipinski definition) is 4. The van der Waals surface area contributed by atoms with E-state index >= 15 is 0 Å². The second-order valence-electron chi connectivity index (χ2n) is 5.25. The van der Waals surface area contributed by atoms with Crippen molar-refractivity contribution in [2.75, 3.05) is 13.1 Å². The van der Waals surface area contributed by atoms with Crippen LogP contribution in [0.5, 0.6) is 0 Å². The molecule has 0 radical (unpaired) electrons. The number of aromatic nitrogens is 1. The summed E-state index contributed by atoms with van der Waals surface area (Å²) < 4.78 is 0. The van der Waals surface area contributed by atoms with Crippen LogP contribution in [0.25, 0.3) is 0 Å². The summed E-state index contributed by atoms with van der Waals surface area (Å²) in [7, 11) is 0. The molecule has 1 aliphatic rings. The van der Waals surface area contributed by atoms with Gasteiger partial charge in [-0.05, 0) is 19.8 Å². The number of rotatable bonds is 5. The van der Waals surface area contributed by atoms with Gasteiger partial charge in [0.05, 0.1) is 6.54 Å². The lowest BCUT2D eigenvalue weighted by atomic mass is 10.0. The molecule has 0 spiro atoms. The Bertz CT molecular complexity index is 364. The monoisotopic (exact) mass is 267 g/mol. The summed E-state index contributed by atoms with van der Waals surface area (Å²) in [6.45, 7) is 10.0. The van der Waals surface area contributed by atoms with Gasteiger partial charge in [0.2, 0.25) is 0 Å². The Labute approximate surface area is 115 Å². The number of piperazine rings is 1. The maximum Gasteiger partial charge on any atom is 0.107 e. The van der Waals surface area contributed by atoms with Crippen molar-refractivity contribution in [2.45, 2.75) is 58.7 Å². The van der Waals surface area contributed by atoms with E-state index in [4.69, 9.17) is 0 Å². The van der Waals surface area contributed by atoms with E-state index in [9.17, 15) is 0 Å². The smallest absolute Gasteiger partial charge is 0.107 e. The molecule has 0 amide bonds.